The molecule has 1 aromatic carbocycles. The summed E-state index contributed by atoms with van der Waals surface area (Å²) >= 11 is 1.45. The molecule has 0 spiro atoms. The molecule has 0 bridgehead atoms. The summed E-state index contributed by atoms with van der Waals surface area (Å²) in [5.41, 5.74) is 3.09. The number of hydrogen-bond donors (Lipinski definition) is 0. The lowest BCUT2D eigenvalue weighted by Crippen LogP contribution is -2.53. The van der Waals surface area contributed by atoms with Gasteiger partial charge >= 0.3 is 0 Å². The first-order valence-corrected chi connectivity index (χ1v) is 12.8. The second kappa shape index (κ2) is 9.25. The Morgan fingerprint density at radius 2 is 1.88 bits per heavy atom. The van der Waals surface area contributed by atoms with Gasteiger partial charge in [0.25, 0.3) is 11.7 Å². The first-order chi connectivity index (χ1) is 16.5. The van der Waals surface area contributed by atoms with Crippen molar-refractivity contribution in [3.8, 4) is 5.75 Å². The Morgan fingerprint density at radius 1 is 1.12 bits per heavy atom. The Hall–Kier alpha value is -3.14. The van der Waals surface area contributed by atoms with E-state index in [2.05, 4.69) is 15.1 Å². The number of rotatable bonds is 4. The van der Waals surface area contributed by atoms with E-state index in [0.717, 1.165) is 49.3 Å². The first kappa shape index (κ1) is 22.6. The van der Waals surface area contributed by atoms with Crippen molar-refractivity contribution < 1.29 is 14.3 Å². The van der Waals surface area contributed by atoms with Crippen molar-refractivity contribution in [2.24, 2.45) is 0 Å². The monoisotopic (exact) mass is 480 g/mol. The number of carbonyl (C=O) groups is 2. The molecule has 1 saturated heterocycles. The predicted molar refractivity (Wildman–Crippen MR) is 129 cm³/mol. The summed E-state index contributed by atoms with van der Waals surface area (Å²) in [6.07, 6.45) is 4.51. The van der Waals surface area contributed by atoms with E-state index in [1.807, 2.05) is 49.3 Å². The van der Waals surface area contributed by atoms with Gasteiger partial charge in [-0.2, -0.15) is 4.98 Å². The van der Waals surface area contributed by atoms with Crippen molar-refractivity contribution in [3.63, 3.8) is 0 Å². The zero-order valence-corrected chi connectivity index (χ0v) is 20.5. The second-order valence-corrected chi connectivity index (χ2v) is 9.49. The Morgan fingerprint density at radius 3 is 2.65 bits per heavy atom. The molecule has 178 valence electrons. The average Bonchev–Trinajstić information content (AvgIpc) is 3.29. The largest absolute Gasteiger partial charge is 0.476 e. The van der Waals surface area contributed by atoms with Gasteiger partial charge in [-0.1, -0.05) is 23.9 Å². The second-order valence-electron chi connectivity index (χ2n) is 8.71. The van der Waals surface area contributed by atoms with Crippen LogP contribution in [0.3, 0.4) is 0 Å². The van der Waals surface area contributed by atoms with Crippen LogP contribution in [0.4, 0.5) is 5.69 Å². The van der Waals surface area contributed by atoms with Gasteiger partial charge in [0.05, 0.1) is 18.7 Å². The van der Waals surface area contributed by atoms with Gasteiger partial charge in [0.1, 0.15) is 5.75 Å². The van der Waals surface area contributed by atoms with E-state index in [-0.39, 0.29) is 24.8 Å². The van der Waals surface area contributed by atoms with Crippen molar-refractivity contribution in [2.75, 3.05) is 30.8 Å². The van der Waals surface area contributed by atoms with E-state index in [1.54, 1.807) is 9.42 Å². The normalized spacial score (nSPS) is 18.0. The van der Waals surface area contributed by atoms with Crippen LogP contribution in [0.25, 0.3) is 5.78 Å². The van der Waals surface area contributed by atoms with Crippen LogP contribution in [0.5, 0.6) is 5.75 Å². The third kappa shape index (κ3) is 4.11. The van der Waals surface area contributed by atoms with Crippen LogP contribution in [0.15, 0.2) is 29.4 Å². The molecule has 0 saturated carbocycles. The van der Waals surface area contributed by atoms with Crippen molar-refractivity contribution in [1.82, 2.24) is 24.5 Å². The molecule has 1 fully saturated rings. The maximum absolute atomic E-state index is 13.6. The van der Waals surface area contributed by atoms with Crippen LogP contribution in [-0.4, -0.2) is 68.3 Å². The Bertz CT molecular complexity index is 1250. The third-order valence-electron chi connectivity index (χ3n) is 6.56. The fourth-order valence-corrected chi connectivity index (χ4v) is 5.03. The number of carbonyl (C=O) groups excluding carboxylic acids is 2. The third-order valence-corrected chi connectivity index (χ3v) is 7.10. The van der Waals surface area contributed by atoms with Gasteiger partial charge in [-0.25, -0.2) is 9.50 Å². The Balaban J connectivity index is 1.44. The Labute approximate surface area is 202 Å². The molecule has 2 aromatic heterocycles. The number of aryl methyl sites for hydroxylation is 2. The SMILES string of the molecule is CSc1nc2nc(C)c(CC(=O)N3C[C@H](C(=O)N4CCCCC4)Oc4ccccc43)c(C)n2n1. The summed E-state index contributed by atoms with van der Waals surface area (Å²) in [7, 11) is 0. The highest BCUT2D eigenvalue weighted by atomic mass is 32.2. The van der Waals surface area contributed by atoms with Crippen molar-refractivity contribution >= 4 is 35.0 Å². The Kier molecular flexibility index (Phi) is 6.16. The minimum atomic E-state index is -0.709. The smallest absolute Gasteiger partial charge is 0.265 e. The minimum Gasteiger partial charge on any atom is -0.476 e. The summed E-state index contributed by atoms with van der Waals surface area (Å²) in [6.45, 7) is 5.50. The van der Waals surface area contributed by atoms with E-state index < -0.39 is 6.10 Å². The zero-order chi connectivity index (χ0) is 23.8. The molecular formula is C24H28N6O3S. The number of hydrogen-bond acceptors (Lipinski definition) is 7. The molecule has 0 unspecified atom stereocenters. The van der Waals surface area contributed by atoms with Crippen LogP contribution in [-0.2, 0) is 16.0 Å². The standard InChI is InChI=1S/C24H28N6O3S/c1-15-17(16(2)30-23(25-15)26-24(27-30)34-3)13-21(31)29-14-20(22(32)28-11-7-4-8-12-28)33-19-10-6-5-9-18(19)29/h5-6,9-10,20H,4,7-8,11-14H2,1-3H3/t20-/m1/s1. The number of fused-ring (bicyclic) bond motifs is 2. The molecule has 2 aliphatic heterocycles. The lowest BCUT2D eigenvalue weighted by atomic mass is 10.1. The topological polar surface area (TPSA) is 92.9 Å². The van der Waals surface area contributed by atoms with Gasteiger partial charge < -0.3 is 14.5 Å². The van der Waals surface area contributed by atoms with Crippen LogP contribution < -0.4 is 9.64 Å². The van der Waals surface area contributed by atoms with Gasteiger partial charge in [0, 0.05) is 30.0 Å². The summed E-state index contributed by atoms with van der Waals surface area (Å²) in [6, 6.07) is 7.40. The maximum atomic E-state index is 13.6. The summed E-state index contributed by atoms with van der Waals surface area (Å²) in [5.74, 6) is 0.930. The molecule has 3 aromatic rings. The minimum absolute atomic E-state index is 0.0466. The van der Waals surface area contributed by atoms with Crippen molar-refractivity contribution in [2.45, 2.75) is 50.8 Å². The molecular weight excluding hydrogens is 452 g/mol. The molecule has 2 amide bonds. The highest BCUT2D eigenvalue weighted by molar-refractivity contribution is 7.98. The molecule has 5 rings (SSSR count). The van der Waals surface area contributed by atoms with Crippen LogP contribution >= 0.6 is 11.8 Å². The number of anilines is 1. The molecule has 34 heavy (non-hydrogen) atoms. The number of ether oxygens (including phenoxy) is 1. The average molecular weight is 481 g/mol. The van der Waals surface area contributed by atoms with Crippen LogP contribution in [0.2, 0.25) is 0 Å². The van der Waals surface area contributed by atoms with E-state index in [0.29, 0.717) is 22.4 Å². The highest BCUT2D eigenvalue weighted by Crippen LogP contribution is 2.34. The van der Waals surface area contributed by atoms with Gasteiger partial charge in [-0.3, -0.25) is 9.59 Å². The number of amides is 2. The molecule has 0 N–H and O–H groups in total. The number of thioether (sulfide) groups is 1. The van der Waals surface area contributed by atoms with E-state index in [4.69, 9.17) is 4.74 Å². The van der Waals surface area contributed by atoms with E-state index in [1.165, 1.54) is 11.8 Å². The number of nitrogens with zero attached hydrogens (tertiary/aromatic N) is 6. The fraction of sp³-hybridized carbons (Fsp3) is 0.458. The molecule has 0 radical (unpaired) electrons. The molecule has 9 nitrogen and oxygen atoms in total. The molecule has 2 aliphatic rings. The first-order valence-electron chi connectivity index (χ1n) is 11.6. The summed E-state index contributed by atoms with van der Waals surface area (Å²) < 4.78 is 7.77. The van der Waals surface area contributed by atoms with Crippen LogP contribution in [0, 0.1) is 13.8 Å². The van der Waals surface area contributed by atoms with Gasteiger partial charge in [0.15, 0.2) is 6.10 Å². The number of benzene rings is 1. The molecule has 4 heterocycles. The summed E-state index contributed by atoms with van der Waals surface area (Å²) in [5, 5.41) is 5.12. The van der Waals surface area contributed by atoms with Gasteiger partial charge in [-0.15, -0.1) is 5.10 Å². The van der Waals surface area contributed by atoms with Crippen LogP contribution in [0.1, 0.15) is 36.2 Å². The molecule has 1 atom stereocenters. The predicted octanol–water partition coefficient (Wildman–Crippen LogP) is 2.81. The fourth-order valence-electron chi connectivity index (χ4n) is 4.70. The van der Waals surface area contributed by atoms with Gasteiger partial charge in [-0.05, 0) is 51.5 Å². The number of piperidine rings is 1. The highest BCUT2D eigenvalue weighted by Gasteiger charge is 2.36. The number of likely N-dealkylation sites (tertiary alicyclic amines) is 1. The zero-order valence-electron chi connectivity index (χ0n) is 19.7. The maximum Gasteiger partial charge on any atom is 0.265 e. The summed E-state index contributed by atoms with van der Waals surface area (Å²) in [4.78, 5) is 39.4. The number of aromatic nitrogens is 4. The van der Waals surface area contributed by atoms with E-state index in [9.17, 15) is 9.59 Å². The quantitative estimate of drug-likeness (QED) is 0.530. The molecule has 0 aliphatic carbocycles. The van der Waals surface area contributed by atoms with Crippen molar-refractivity contribution in [1.29, 1.82) is 0 Å². The van der Waals surface area contributed by atoms with Gasteiger partial charge in [0.2, 0.25) is 11.1 Å². The number of para-hydroxylation sites is 2. The lowest BCUT2D eigenvalue weighted by Gasteiger charge is -2.37. The van der Waals surface area contributed by atoms with Crippen molar-refractivity contribution in [3.05, 3.63) is 41.2 Å². The lowest BCUT2D eigenvalue weighted by molar-refractivity contribution is -0.139. The van der Waals surface area contributed by atoms with E-state index >= 15 is 0 Å². The molecule has 10 heteroatoms.